The van der Waals surface area contributed by atoms with Gasteiger partial charge in [-0.3, -0.25) is 0 Å². The van der Waals surface area contributed by atoms with E-state index < -0.39 is 24.1 Å². The van der Waals surface area contributed by atoms with Crippen LogP contribution in [0.25, 0.3) is 0 Å². The topological polar surface area (TPSA) is 47.9 Å². The lowest BCUT2D eigenvalue weighted by molar-refractivity contribution is -0.162. The van der Waals surface area contributed by atoms with Crippen molar-refractivity contribution in [2.24, 2.45) is 0 Å². The Morgan fingerprint density at radius 1 is 0.875 bits per heavy atom. The Kier molecular flexibility index (Phi) is 5.01. The van der Waals surface area contributed by atoms with E-state index in [-0.39, 0.29) is 6.10 Å². The second kappa shape index (κ2) is 7.03. The number of aliphatic hydroxyl groups is 1. The minimum Gasteiger partial charge on any atom is -0.386 e. The van der Waals surface area contributed by atoms with Crippen molar-refractivity contribution < 1.29 is 19.3 Å². The van der Waals surface area contributed by atoms with Crippen molar-refractivity contribution >= 4 is 0 Å². The first-order valence-corrected chi connectivity index (χ1v) is 8.18. The van der Waals surface area contributed by atoms with E-state index in [1.807, 2.05) is 74.5 Å². The lowest BCUT2D eigenvalue weighted by Gasteiger charge is -2.28. The number of ether oxygens (including phenoxy) is 3. The van der Waals surface area contributed by atoms with Crippen LogP contribution in [0.3, 0.4) is 0 Å². The number of benzene rings is 2. The first-order valence-electron chi connectivity index (χ1n) is 8.18. The monoisotopic (exact) mass is 328 g/mol. The zero-order valence-corrected chi connectivity index (χ0v) is 14.3. The van der Waals surface area contributed by atoms with E-state index in [0.29, 0.717) is 0 Å². The molecule has 0 radical (unpaired) electrons. The first kappa shape index (κ1) is 17.1. The molecular formula is C20H24O4. The molecule has 4 atom stereocenters. The Balaban J connectivity index is 1.91. The van der Waals surface area contributed by atoms with Crippen LogP contribution in [0.1, 0.15) is 37.2 Å². The summed E-state index contributed by atoms with van der Waals surface area (Å²) in [5.74, 6) is -0.781. The van der Waals surface area contributed by atoms with Crippen molar-refractivity contribution in [3.8, 4) is 0 Å². The molecule has 1 fully saturated rings. The van der Waals surface area contributed by atoms with Gasteiger partial charge in [-0.05, 0) is 25.0 Å². The minimum atomic E-state index is -0.792. The van der Waals surface area contributed by atoms with Crippen LogP contribution in [-0.2, 0) is 14.2 Å². The van der Waals surface area contributed by atoms with E-state index in [1.54, 1.807) is 7.11 Å². The predicted molar refractivity (Wildman–Crippen MR) is 91.4 cm³/mol. The third kappa shape index (κ3) is 3.52. The third-order valence-electron chi connectivity index (χ3n) is 4.30. The highest BCUT2D eigenvalue weighted by atomic mass is 16.8. The highest BCUT2D eigenvalue weighted by Gasteiger charge is 2.49. The smallest absolute Gasteiger partial charge is 0.164 e. The van der Waals surface area contributed by atoms with Crippen LogP contribution in [0.15, 0.2) is 60.7 Å². The largest absolute Gasteiger partial charge is 0.386 e. The molecule has 3 rings (SSSR count). The van der Waals surface area contributed by atoms with Crippen LogP contribution < -0.4 is 0 Å². The van der Waals surface area contributed by atoms with Crippen molar-refractivity contribution in [2.45, 2.75) is 44.1 Å². The van der Waals surface area contributed by atoms with E-state index in [4.69, 9.17) is 14.2 Å². The molecule has 2 aromatic rings. The first-order chi connectivity index (χ1) is 11.5. The lowest BCUT2D eigenvalue weighted by Crippen LogP contribution is -2.35. The molecule has 1 heterocycles. The van der Waals surface area contributed by atoms with E-state index >= 15 is 0 Å². The van der Waals surface area contributed by atoms with Gasteiger partial charge in [-0.1, -0.05) is 60.7 Å². The number of aliphatic hydroxyl groups excluding tert-OH is 1. The maximum Gasteiger partial charge on any atom is 0.164 e. The number of hydrogen-bond donors (Lipinski definition) is 1. The predicted octanol–water partition coefficient (Wildman–Crippen LogP) is 3.63. The molecule has 2 unspecified atom stereocenters. The second-order valence-electron chi connectivity index (χ2n) is 6.49. The van der Waals surface area contributed by atoms with Gasteiger partial charge in [-0.2, -0.15) is 0 Å². The molecule has 0 saturated carbocycles. The summed E-state index contributed by atoms with van der Waals surface area (Å²) in [4.78, 5) is 0. The van der Waals surface area contributed by atoms with Gasteiger partial charge >= 0.3 is 0 Å². The fraction of sp³-hybridized carbons (Fsp3) is 0.400. The summed E-state index contributed by atoms with van der Waals surface area (Å²) in [6.45, 7) is 3.71. The summed E-state index contributed by atoms with van der Waals surface area (Å²) in [5.41, 5.74) is 1.80. The Bertz CT molecular complexity index is 641. The Morgan fingerprint density at radius 2 is 1.38 bits per heavy atom. The maximum absolute atomic E-state index is 10.9. The summed E-state index contributed by atoms with van der Waals surface area (Å²) in [7, 11) is 1.65. The van der Waals surface area contributed by atoms with E-state index in [9.17, 15) is 5.11 Å². The number of methoxy groups -OCH3 is 1. The van der Waals surface area contributed by atoms with Gasteiger partial charge in [0.2, 0.25) is 0 Å². The Morgan fingerprint density at radius 3 is 1.92 bits per heavy atom. The molecule has 128 valence electrons. The molecule has 1 saturated heterocycles. The molecule has 1 N–H and O–H groups in total. The summed E-state index contributed by atoms with van der Waals surface area (Å²) in [5, 5.41) is 10.9. The minimum absolute atomic E-state index is 0.323. The van der Waals surface area contributed by atoms with E-state index in [0.717, 1.165) is 11.1 Å². The van der Waals surface area contributed by atoms with Crippen LogP contribution in [0.5, 0.6) is 0 Å². The summed E-state index contributed by atoms with van der Waals surface area (Å²) in [6, 6.07) is 19.4. The fourth-order valence-corrected chi connectivity index (χ4v) is 3.24. The fourth-order valence-electron chi connectivity index (χ4n) is 3.24. The number of rotatable bonds is 5. The Hall–Kier alpha value is -1.72. The van der Waals surface area contributed by atoms with Crippen LogP contribution >= 0.6 is 0 Å². The molecule has 0 spiro atoms. The zero-order chi connectivity index (χ0) is 17.2. The van der Waals surface area contributed by atoms with Gasteiger partial charge < -0.3 is 19.3 Å². The van der Waals surface area contributed by atoms with Gasteiger partial charge in [-0.25, -0.2) is 0 Å². The highest BCUT2D eigenvalue weighted by Crippen LogP contribution is 2.41. The normalized spacial score (nSPS) is 25.3. The van der Waals surface area contributed by atoms with Crippen molar-refractivity contribution in [1.82, 2.24) is 0 Å². The van der Waals surface area contributed by atoms with Crippen molar-refractivity contribution in [3.05, 3.63) is 71.8 Å². The zero-order valence-electron chi connectivity index (χ0n) is 14.3. The number of hydrogen-bond acceptors (Lipinski definition) is 4. The molecule has 2 aromatic carbocycles. The molecule has 4 nitrogen and oxygen atoms in total. The van der Waals surface area contributed by atoms with Crippen molar-refractivity contribution in [2.75, 3.05) is 7.11 Å². The maximum atomic E-state index is 10.9. The SMILES string of the molecule is CO[C@@H](c1ccccc1)[C@H]1OC(C)(C)OC1C(O)c1ccccc1. The van der Waals surface area contributed by atoms with E-state index in [1.165, 1.54) is 0 Å². The molecule has 1 aliphatic rings. The van der Waals surface area contributed by atoms with Gasteiger partial charge in [0.05, 0.1) is 0 Å². The molecule has 24 heavy (non-hydrogen) atoms. The highest BCUT2D eigenvalue weighted by molar-refractivity contribution is 5.23. The van der Waals surface area contributed by atoms with Crippen LogP contribution in [0, 0.1) is 0 Å². The lowest BCUT2D eigenvalue weighted by atomic mass is 9.94. The molecule has 0 aliphatic carbocycles. The third-order valence-corrected chi connectivity index (χ3v) is 4.30. The van der Waals surface area contributed by atoms with Crippen molar-refractivity contribution in [3.63, 3.8) is 0 Å². The van der Waals surface area contributed by atoms with E-state index in [2.05, 4.69) is 0 Å². The van der Waals surface area contributed by atoms with Gasteiger partial charge in [0.15, 0.2) is 5.79 Å². The molecule has 0 bridgehead atoms. The van der Waals surface area contributed by atoms with Crippen LogP contribution in [0.4, 0.5) is 0 Å². The van der Waals surface area contributed by atoms with Gasteiger partial charge in [-0.15, -0.1) is 0 Å². The summed E-state index contributed by atoms with van der Waals surface area (Å²) >= 11 is 0. The van der Waals surface area contributed by atoms with Gasteiger partial charge in [0, 0.05) is 7.11 Å². The second-order valence-corrected chi connectivity index (χ2v) is 6.49. The van der Waals surface area contributed by atoms with Gasteiger partial charge in [0.1, 0.15) is 24.4 Å². The van der Waals surface area contributed by atoms with Crippen molar-refractivity contribution in [1.29, 1.82) is 0 Å². The summed E-state index contributed by atoms with van der Waals surface area (Å²) < 4.78 is 17.8. The van der Waals surface area contributed by atoms with Gasteiger partial charge in [0.25, 0.3) is 0 Å². The quantitative estimate of drug-likeness (QED) is 0.910. The average molecular weight is 328 g/mol. The Labute approximate surface area is 143 Å². The average Bonchev–Trinajstić information content (AvgIpc) is 2.92. The molecular weight excluding hydrogens is 304 g/mol. The van der Waals surface area contributed by atoms with Crippen LogP contribution in [-0.4, -0.2) is 30.2 Å². The molecule has 1 aliphatic heterocycles. The molecule has 0 amide bonds. The molecule has 0 aromatic heterocycles. The standard InChI is InChI=1S/C20H24O4/c1-20(2)23-18(16(21)14-10-6-4-7-11-14)19(24-20)17(22-3)15-12-8-5-9-13-15/h4-13,16-19,21H,1-3H3/t16?,17-,18?,19+/m0/s1. The van der Waals surface area contributed by atoms with Crippen LogP contribution in [0.2, 0.25) is 0 Å². The summed E-state index contributed by atoms with van der Waals surface area (Å²) in [6.07, 6.45) is -2.05. The molecule has 4 heteroatoms.